The predicted molar refractivity (Wildman–Crippen MR) is 61.6 cm³/mol. The van der Waals surface area contributed by atoms with E-state index in [9.17, 15) is 0 Å². The van der Waals surface area contributed by atoms with Gasteiger partial charge in [-0.25, -0.2) is 0 Å². The van der Waals surface area contributed by atoms with Gasteiger partial charge in [-0.1, -0.05) is 23.3 Å². The Labute approximate surface area is 86.6 Å². The molecule has 14 heavy (non-hydrogen) atoms. The van der Waals surface area contributed by atoms with Gasteiger partial charge in [0.25, 0.3) is 0 Å². The molecule has 5 N–H and O–H groups in total. The van der Waals surface area contributed by atoms with Crippen molar-refractivity contribution >= 4 is 5.96 Å². The first-order valence-corrected chi connectivity index (χ1v) is 4.93. The van der Waals surface area contributed by atoms with Crippen molar-refractivity contribution in [3.8, 4) is 0 Å². The van der Waals surface area contributed by atoms with Gasteiger partial charge in [0, 0.05) is 0 Å². The first-order valence-electron chi connectivity index (χ1n) is 4.93. The van der Waals surface area contributed by atoms with Crippen LogP contribution in [0.4, 0.5) is 0 Å². The van der Waals surface area contributed by atoms with E-state index >= 15 is 0 Å². The van der Waals surface area contributed by atoms with Crippen LogP contribution in [0, 0.1) is 0 Å². The molecule has 3 heteroatoms. The van der Waals surface area contributed by atoms with Crippen molar-refractivity contribution in [1.29, 1.82) is 0 Å². The molecule has 0 aromatic rings. The normalized spacial score (nSPS) is 10.9. The standard InChI is InChI=1S/C11H21N3/c1-9(2)5-4-6-10(3)7-8-14-11(12)13/h5,7H,4,6,8H2,1-3H3,(H4,12,13,14)/p+1/b10-7+. The molecule has 0 spiro atoms. The van der Waals surface area contributed by atoms with E-state index in [4.69, 9.17) is 11.5 Å². The molecule has 80 valence electrons. The third kappa shape index (κ3) is 8.84. The van der Waals surface area contributed by atoms with Crippen molar-refractivity contribution in [3.63, 3.8) is 0 Å². The fourth-order valence-electron chi connectivity index (χ4n) is 1.03. The molecule has 0 unspecified atom stereocenters. The van der Waals surface area contributed by atoms with Crippen LogP contribution in [0.5, 0.6) is 0 Å². The summed E-state index contributed by atoms with van der Waals surface area (Å²) in [6.07, 6.45) is 6.55. The molecule has 0 heterocycles. The molecule has 0 aliphatic carbocycles. The summed E-state index contributed by atoms with van der Waals surface area (Å²) in [5.74, 6) is 0.276. The number of nitrogens with two attached hydrogens (primary N) is 2. The molecule has 0 saturated heterocycles. The van der Waals surface area contributed by atoms with E-state index in [2.05, 4.69) is 37.9 Å². The third-order valence-electron chi connectivity index (χ3n) is 1.85. The number of allylic oxidation sites excluding steroid dienone is 3. The van der Waals surface area contributed by atoms with Crippen LogP contribution in [-0.4, -0.2) is 12.5 Å². The van der Waals surface area contributed by atoms with Crippen LogP contribution in [0.15, 0.2) is 23.3 Å². The molecular formula is C11H22N3+. The monoisotopic (exact) mass is 196 g/mol. The maximum Gasteiger partial charge on any atom is 0.339 e. The van der Waals surface area contributed by atoms with Crippen molar-refractivity contribution in [2.24, 2.45) is 11.5 Å². The smallest absolute Gasteiger partial charge is 0.291 e. The number of hydrogen-bond acceptors (Lipinski definition) is 0. The highest BCUT2D eigenvalue weighted by Gasteiger charge is 1.89. The van der Waals surface area contributed by atoms with Crippen LogP contribution in [0.25, 0.3) is 0 Å². The summed E-state index contributed by atoms with van der Waals surface area (Å²) in [4.78, 5) is 2.86. The van der Waals surface area contributed by atoms with E-state index in [0.717, 1.165) is 12.8 Å². The molecule has 0 aliphatic heterocycles. The number of nitrogens with one attached hydrogen (secondary N) is 1. The molecule has 3 nitrogen and oxygen atoms in total. The molecule has 0 aromatic carbocycles. The second-order valence-electron chi connectivity index (χ2n) is 3.71. The largest absolute Gasteiger partial charge is 0.339 e. The van der Waals surface area contributed by atoms with Gasteiger partial charge in [-0.2, -0.15) is 0 Å². The molecule has 0 bridgehead atoms. The zero-order chi connectivity index (χ0) is 11.0. The Hall–Kier alpha value is -1.25. The Bertz CT molecular complexity index is 241. The molecule has 0 fully saturated rings. The van der Waals surface area contributed by atoms with E-state index in [-0.39, 0.29) is 5.96 Å². The van der Waals surface area contributed by atoms with Crippen molar-refractivity contribution in [2.45, 2.75) is 33.6 Å². The van der Waals surface area contributed by atoms with Gasteiger partial charge in [0.15, 0.2) is 0 Å². The van der Waals surface area contributed by atoms with E-state index in [0.29, 0.717) is 6.54 Å². The van der Waals surface area contributed by atoms with E-state index in [1.165, 1.54) is 11.1 Å². The lowest BCUT2D eigenvalue weighted by Crippen LogP contribution is -2.77. The highest BCUT2D eigenvalue weighted by atomic mass is 15.0. The maximum atomic E-state index is 5.26. The molecule has 0 aromatic heterocycles. The molecule has 0 rings (SSSR count). The van der Waals surface area contributed by atoms with Gasteiger partial charge < -0.3 is 0 Å². The third-order valence-corrected chi connectivity index (χ3v) is 1.85. The van der Waals surface area contributed by atoms with Gasteiger partial charge in [-0.15, -0.1) is 0 Å². The summed E-state index contributed by atoms with van der Waals surface area (Å²) < 4.78 is 0. The minimum absolute atomic E-state index is 0.276. The van der Waals surface area contributed by atoms with Crippen molar-refractivity contribution in [3.05, 3.63) is 23.3 Å². The minimum Gasteiger partial charge on any atom is -0.291 e. The van der Waals surface area contributed by atoms with Crippen LogP contribution in [-0.2, 0) is 0 Å². The zero-order valence-electron chi connectivity index (χ0n) is 9.43. The Morgan fingerprint density at radius 3 is 2.29 bits per heavy atom. The van der Waals surface area contributed by atoms with E-state index in [1.807, 2.05) is 0 Å². The van der Waals surface area contributed by atoms with Crippen molar-refractivity contribution < 1.29 is 4.99 Å². The molecule has 0 saturated carbocycles. The maximum absolute atomic E-state index is 5.26. The predicted octanol–water partition coefficient (Wildman–Crippen LogP) is 0.0331. The van der Waals surface area contributed by atoms with Crippen LogP contribution in [0.2, 0.25) is 0 Å². The quantitative estimate of drug-likeness (QED) is 0.330. The molecule has 0 radical (unpaired) electrons. The van der Waals surface area contributed by atoms with E-state index in [1.54, 1.807) is 0 Å². The Morgan fingerprint density at radius 2 is 1.79 bits per heavy atom. The summed E-state index contributed by atoms with van der Waals surface area (Å²) in [5.41, 5.74) is 13.3. The van der Waals surface area contributed by atoms with Gasteiger partial charge in [0.2, 0.25) is 0 Å². The van der Waals surface area contributed by atoms with Gasteiger partial charge in [-0.3, -0.25) is 16.5 Å². The van der Waals surface area contributed by atoms with Crippen molar-refractivity contribution in [2.75, 3.05) is 6.54 Å². The zero-order valence-corrected chi connectivity index (χ0v) is 9.43. The summed E-state index contributed by atoms with van der Waals surface area (Å²) in [6, 6.07) is 0. The summed E-state index contributed by atoms with van der Waals surface area (Å²) in [6.45, 7) is 7.06. The van der Waals surface area contributed by atoms with Crippen LogP contribution in [0.3, 0.4) is 0 Å². The number of hydrogen-bond donors (Lipinski definition) is 3. The second kappa shape index (κ2) is 7.18. The van der Waals surface area contributed by atoms with Crippen LogP contribution >= 0.6 is 0 Å². The van der Waals surface area contributed by atoms with Crippen molar-refractivity contribution in [1.82, 2.24) is 0 Å². The molecule has 0 atom stereocenters. The lowest BCUT2D eigenvalue weighted by atomic mass is 10.1. The van der Waals surface area contributed by atoms with Gasteiger partial charge in [-0.05, 0) is 33.6 Å². The molecular weight excluding hydrogens is 174 g/mol. The minimum atomic E-state index is 0.276. The van der Waals surface area contributed by atoms with Gasteiger partial charge >= 0.3 is 5.96 Å². The average Bonchev–Trinajstić information content (AvgIpc) is 2.02. The Kier molecular flexibility index (Phi) is 6.54. The topological polar surface area (TPSA) is 66.0 Å². The Morgan fingerprint density at radius 1 is 1.14 bits per heavy atom. The highest BCUT2D eigenvalue weighted by Crippen LogP contribution is 2.05. The number of guanidine groups is 1. The molecule has 0 amide bonds. The highest BCUT2D eigenvalue weighted by molar-refractivity contribution is 5.69. The summed E-state index contributed by atoms with van der Waals surface area (Å²) >= 11 is 0. The second-order valence-corrected chi connectivity index (χ2v) is 3.71. The van der Waals surface area contributed by atoms with E-state index < -0.39 is 0 Å². The van der Waals surface area contributed by atoms with Gasteiger partial charge in [0.1, 0.15) is 0 Å². The van der Waals surface area contributed by atoms with Gasteiger partial charge in [0.05, 0.1) is 6.54 Å². The average molecular weight is 196 g/mol. The lowest BCUT2D eigenvalue weighted by molar-refractivity contribution is -0.446. The first-order chi connectivity index (χ1) is 6.52. The van der Waals surface area contributed by atoms with Crippen LogP contribution in [0.1, 0.15) is 33.6 Å². The van der Waals surface area contributed by atoms with Crippen LogP contribution < -0.4 is 16.5 Å². The fourth-order valence-corrected chi connectivity index (χ4v) is 1.03. The fraction of sp³-hybridized carbons (Fsp3) is 0.545. The number of rotatable bonds is 5. The summed E-state index contributed by atoms with van der Waals surface area (Å²) in [7, 11) is 0. The molecule has 0 aliphatic rings. The SMILES string of the molecule is CC(C)=CCC/C(C)=C/C[NH+]=C(N)N. The summed E-state index contributed by atoms with van der Waals surface area (Å²) in [5, 5.41) is 0. The lowest BCUT2D eigenvalue weighted by Gasteiger charge is -1.97. The Balaban J connectivity index is 3.79. The first kappa shape index (κ1) is 12.8.